The highest BCUT2D eigenvalue weighted by Crippen LogP contribution is 2.36. The van der Waals surface area contributed by atoms with Gasteiger partial charge in [-0.3, -0.25) is 14.5 Å². The van der Waals surface area contributed by atoms with Crippen LogP contribution >= 0.6 is 23.4 Å². The van der Waals surface area contributed by atoms with Crippen LogP contribution < -0.4 is 10.2 Å². The Hall–Kier alpha value is -2.75. The second-order valence-electron chi connectivity index (χ2n) is 5.56. The number of anilines is 2. The quantitative estimate of drug-likeness (QED) is 0.639. The molecule has 7 heteroatoms. The van der Waals surface area contributed by atoms with Crippen molar-refractivity contribution in [3.63, 3.8) is 0 Å². The molecule has 0 spiro atoms. The van der Waals surface area contributed by atoms with E-state index in [1.807, 2.05) is 19.1 Å². The van der Waals surface area contributed by atoms with Gasteiger partial charge < -0.3 is 5.32 Å². The van der Waals surface area contributed by atoms with E-state index in [2.05, 4.69) is 5.32 Å². The normalized spacial score (nSPS) is 15.6. The maximum Gasteiger partial charge on any atom is 0.269 e. The summed E-state index contributed by atoms with van der Waals surface area (Å²) < 4.78 is 0. The number of benzene rings is 2. The summed E-state index contributed by atoms with van der Waals surface area (Å²) in [6, 6.07) is 16.0. The number of halogens is 1. The number of nitriles is 1. The average Bonchev–Trinajstić information content (AvgIpc) is 3.01. The van der Waals surface area contributed by atoms with Gasteiger partial charge in [-0.2, -0.15) is 5.26 Å². The van der Waals surface area contributed by atoms with Gasteiger partial charge in [0.25, 0.3) is 5.91 Å². The number of carbonyl (C=O) groups is 2. The molecule has 0 atom stereocenters. The van der Waals surface area contributed by atoms with Gasteiger partial charge in [-0.15, -0.1) is 0 Å². The van der Waals surface area contributed by atoms with E-state index in [0.717, 1.165) is 5.56 Å². The van der Waals surface area contributed by atoms with E-state index in [-0.39, 0.29) is 17.2 Å². The Bertz CT molecular complexity index is 951. The van der Waals surface area contributed by atoms with Gasteiger partial charge in [-0.1, -0.05) is 47.6 Å². The highest BCUT2D eigenvalue weighted by molar-refractivity contribution is 8.04. The molecule has 26 heavy (non-hydrogen) atoms. The molecule has 0 aromatic heterocycles. The Morgan fingerprint density at radius 3 is 2.65 bits per heavy atom. The number of aryl methyl sites for hydroxylation is 1. The lowest BCUT2D eigenvalue weighted by molar-refractivity contribution is -0.115. The number of para-hydroxylation sites is 1. The van der Waals surface area contributed by atoms with Crippen molar-refractivity contribution < 1.29 is 9.59 Å². The molecule has 2 aromatic carbocycles. The summed E-state index contributed by atoms with van der Waals surface area (Å²) in [5, 5.41) is 13.1. The van der Waals surface area contributed by atoms with Crippen molar-refractivity contribution in [2.75, 3.05) is 16.0 Å². The molecular weight excluding hydrogens is 370 g/mol. The molecule has 0 unspecified atom stereocenters. The highest BCUT2D eigenvalue weighted by Gasteiger charge is 2.33. The molecule has 1 fully saturated rings. The predicted molar refractivity (Wildman–Crippen MR) is 104 cm³/mol. The van der Waals surface area contributed by atoms with Gasteiger partial charge in [0.15, 0.2) is 0 Å². The topological polar surface area (TPSA) is 73.2 Å². The monoisotopic (exact) mass is 383 g/mol. The summed E-state index contributed by atoms with van der Waals surface area (Å²) in [4.78, 5) is 26.3. The zero-order chi connectivity index (χ0) is 18.7. The zero-order valence-electron chi connectivity index (χ0n) is 13.8. The fraction of sp³-hybridized carbons (Fsp3) is 0.105. The van der Waals surface area contributed by atoms with Crippen molar-refractivity contribution in [2.45, 2.75) is 6.92 Å². The fourth-order valence-electron chi connectivity index (χ4n) is 2.45. The summed E-state index contributed by atoms with van der Waals surface area (Å²) in [6.45, 7) is 1.86. The molecule has 0 bridgehead atoms. The Morgan fingerprint density at radius 1 is 1.27 bits per heavy atom. The molecule has 0 saturated carbocycles. The van der Waals surface area contributed by atoms with Gasteiger partial charge in [-0.25, -0.2) is 0 Å². The van der Waals surface area contributed by atoms with Gasteiger partial charge in [-0.05, 0) is 36.8 Å². The lowest BCUT2D eigenvalue weighted by Crippen LogP contribution is -2.26. The predicted octanol–water partition coefficient (Wildman–Crippen LogP) is 4.10. The van der Waals surface area contributed by atoms with Crippen molar-refractivity contribution in [2.24, 2.45) is 0 Å². The summed E-state index contributed by atoms with van der Waals surface area (Å²) in [6.07, 6.45) is 0. The Morgan fingerprint density at radius 2 is 2.00 bits per heavy atom. The minimum absolute atomic E-state index is 0.110. The van der Waals surface area contributed by atoms with Crippen molar-refractivity contribution in [3.8, 4) is 6.07 Å². The first-order valence-electron chi connectivity index (χ1n) is 7.74. The number of rotatable bonds is 3. The number of hydrogen-bond acceptors (Lipinski definition) is 4. The summed E-state index contributed by atoms with van der Waals surface area (Å²) >= 11 is 7.25. The van der Waals surface area contributed by atoms with Crippen LogP contribution in [0.15, 0.2) is 59.1 Å². The van der Waals surface area contributed by atoms with Crippen LogP contribution in [0.2, 0.25) is 5.02 Å². The average molecular weight is 384 g/mol. The molecule has 2 amide bonds. The number of hydrogen-bond donors (Lipinski definition) is 1. The molecular formula is C19H14ClN3O2S. The van der Waals surface area contributed by atoms with E-state index in [9.17, 15) is 14.9 Å². The first kappa shape index (κ1) is 18.1. The molecule has 0 radical (unpaired) electrons. The number of nitrogens with one attached hydrogen (secondary N) is 1. The molecule has 3 rings (SSSR count). The SMILES string of the molecule is Cc1ccc(NC(=O)/C(C#N)=C2\SCC(=O)N2c2ccccc2)cc1Cl. The summed E-state index contributed by atoms with van der Waals surface area (Å²) in [7, 11) is 0. The molecule has 2 aromatic rings. The Balaban J connectivity index is 1.95. The second kappa shape index (κ2) is 7.65. The number of carbonyl (C=O) groups excluding carboxylic acids is 2. The van der Waals surface area contributed by atoms with E-state index in [1.165, 1.54) is 16.7 Å². The largest absolute Gasteiger partial charge is 0.321 e. The first-order chi connectivity index (χ1) is 12.5. The molecule has 0 aliphatic carbocycles. The third-order valence-corrected chi connectivity index (χ3v) is 5.24. The third kappa shape index (κ3) is 3.59. The number of nitrogens with zero attached hydrogens (tertiary/aromatic N) is 2. The molecule has 1 saturated heterocycles. The van der Waals surface area contributed by atoms with Gasteiger partial charge in [0.05, 0.1) is 5.75 Å². The van der Waals surface area contributed by atoms with Crippen molar-refractivity contribution in [1.82, 2.24) is 0 Å². The fourth-order valence-corrected chi connectivity index (χ4v) is 3.64. The van der Waals surface area contributed by atoms with E-state index >= 15 is 0 Å². The highest BCUT2D eigenvalue weighted by atomic mass is 35.5. The minimum Gasteiger partial charge on any atom is -0.321 e. The lowest BCUT2D eigenvalue weighted by atomic mass is 10.2. The second-order valence-corrected chi connectivity index (χ2v) is 6.93. The van der Waals surface area contributed by atoms with Crippen LogP contribution in [0.1, 0.15) is 5.56 Å². The first-order valence-corrected chi connectivity index (χ1v) is 9.10. The number of thioether (sulfide) groups is 1. The Kier molecular flexibility index (Phi) is 5.31. The standard InChI is InChI=1S/C19H14ClN3O2S/c1-12-7-8-13(9-16(12)20)22-18(25)15(10-21)19-23(17(24)11-26-19)14-5-3-2-4-6-14/h2-9H,11H2,1H3,(H,22,25)/b19-15-. The van der Waals surface area contributed by atoms with E-state index in [0.29, 0.717) is 21.4 Å². The third-order valence-electron chi connectivity index (χ3n) is 3.78. The molecule has 1 N–H and O–H groups in total. The van der Waals surface area contributed by atoms with Gasteiger partial charge in [0.1, 0.15) is 16.7 Å². The van der Waals surface area contributed by atoms with Gasteiger partial charge >= 0.3 is 0 Å². The van der Waals surface area contributed by atoms with Crippen LogP contribution in [0, 0.1) is 18.3 Å². The Labute approximate surface area is 160 Å². The van der Waals surface area contributed by atoms with Crippen LogP contribution in [0.4, 0.5) is 11.4 Å². The van der Waals surface area contributed by atoms with Crippen LogP contribution in [0.25, 0.3) is 0 Å². The molecule has 5 nitrogen and oxygen atoms in total. The lowest BCUT2D eigenvalue weighted by Gasteiger charge is -2.18. The van der Waals surface area contributed by atoms with E-state index in [4.69, 9.17) is 11.6 Å². The molecule has 1 heterocycles. The van der Waals surface area contributed by atoms with E-state index < -0.39 is 5.91 Å². The minimum atomic E-state index is -0.578. The summed E-state index contributed by atoms with van der Waals surface area (Å²) in [5.74, 6) is -0.570. The van der Waals surface area contributed by atoms with Crippen LogP contribution in [0.3, 0.4) is 0 Å². The van der Waals surface area contributed by atoms with Gasteiger partial charge in [0.2, 0.25) is 5.91 Å². The zero-order valence-corrected chi connectivity index (χ0v) is 15.4. The van der Waals surface area contributed by atoms with E-state index in [1.54, 1.807) is 42.5 Å². The van der Waals surface area contributed by atoms with Crippen LogP contribution in [-0.2, 0) is 9.59 Å². The number of amides is 2. The van der Waals surface area contributed by atoms with Crippen molar-refractivity contribution in [1.29, 1.82) is 5.26 Å². The maximum atomic E-state index is 12.6. The van der Waals surface area contributed by atoms with Crippen LogP contribution in [0.5, 0.6) is 0 Å². The maximum absolute atomic E-state index is 12.6. The summed E-state index contributed by atoms with van der Waals surface area (Å²) in [5.41, 5.74) is 1.88. The van der Waals surface area contributed by atoms with Crippen molar-refractivity contribution in [3.05, 3.63) is 69.7 Å². The smallest absolute Gasteiger partial charge is 0.269 e. The van der Waals surface area contributed by atoms with Crippen molar-refractivity contribution >= 4 is 46.6 Å². The molecule has 130 valence electrons. The molecule has 1 aliphatic rings. The van der Waals surface area contributed by atoms with Crippen LogP contribution in [-0.4, -0.2) is 17.6 Å². The van der Waals surface area contributed by atoms with Gasteiger partial charge in [0, 0.05) is 16.4 Å². The molecule has 1 aliphatic heterocycles.